The summed E-state index contributed by atoms with van der Waals surface area (Å²) >= 11 is 0. The molecule has 1 fully saturated rings. The van der Waals surface area contributed by atoms with Gasteiger partial charge in [-0.25, -0.2) is 4.79 Å². The number of fused-ring (bicyclic) bond motifs is 3. The van der Waals surface area contributed by atoms with Crippen molar-refractivity contribution in [1.82, 2.24) is 4.90 Å². The standard InChI is InChI=1S/C20H21NO3/c1-21-16-10-15(19(20(23)24-2)17(21)11-18(16)22)14-8-7-12-5-3-4-6-13(12)9-14/h3-9,16-18,22H,10-11H2,1-2H3/t16?,17?,18-/m0/s1. The van der Waals surface area contributed by atoms with Gasteiger partial charge in [0.05, 0.1) is 18.8 Å². The molecule has 1 N–H and O–H groups in total. The van der Waals surface area contributed by atoms with Crippen molar-refractivity contribution in [2.75, 3.05) is 14.2 Å². The zero-order chi connectivity index (χ0) is 16.8. The molecule has 0 amide bonds. The van der Waals surface area contributed by atoms with E-state index in [2.05, 4.69) is 35.2 Å². The number of nitrogens with zero attached hydrogens (tertiary/aromatic N) is 1. The molecule has 2 aromatic carbocycles. The monoisotopic (exact) mass is 323 g/mol. The van der Waals surface area contributed by atoms with Gasteiger partial charge in [0.2, 0.25) is 0 Å². The smallest absolute Gasteiger partial charge is 0.335 e. The maximum absolute atomic E-state index is 12.5. The number of ether oxygens (including phenoxy) is 1. The van der Waals surface area contributed by atoms with Gasteiger partial charge in [-0.15, -0.1) is 0 Å². The SMILES string of the molecule is COC(=O)C1=C(c2ccc3ccccc3c2)CC2[C@@H](O)CC1N2C. The van der Waals surface area contributed by atoms with Gasteiger partial charge in [-0.1, -0.05) is 36.4 Å². The molecule has 0 aliphatic carbocycles. The zero-order valence-corrected chi connectivity index (χ0v) is 13.9. The summed E-state index contributed by atoms with van der Waals surface area (Å²) in [6.45, 7) is 0. The van der Waals surface area contributed by atoms with E-state index in [1.807, 2.05) is 19.2 Å². The van der Waals surface area contributed by atoms with E-state index in [0.29, 0.717) is 18.4 Å². The predicted molar refractivity (Wildman–Crippen MR) is 93.5 cm³/mol. The lowest BCUT2D eigenvalue weighted by Gasteiger charge is -2.34. The molecule has 4 rings (SSSR count). The van der Waals surface area contributed by atoms with Crippen LogP contribution in [-0.2, 0) is 9.53 Å². The minimum absolute atomic E-state index is 0.0601. The van der Waals surface area contributed by atoms with Gasteiger partial charge in [-0.05, 0) is 47.9 Å². The fourth-order valence-electron chi connectivity index (χ4n) is 4.20. The number of aliphatic hydroxyl groups excluding tert-OH is 1. The van der Waals surface area contributed by atoms with E-state index >= 15 is 0 Å². The highest BCUT2D eigenvalue weighted by Crippen LogP contribution is 2.43. The number of likely N-dealkylation sites (N-methyl/N-ethyl adjacent to an activating group) is 1. The Labute approximate surface area is 141 Å². The first-order chi connectivity index (χ1) is 11.6. The van der Waals surface area contributed by atoms with Crippen LogP contribution in [-0.4, -0.2) is 48.3 Å². The molecular formula is C20H21NO3. The van der Waals surface area contributed by atoms with Crippen LogP contribution >= 0.6 is 0 Å². The summed E-state index contributed by atoms with van der Waals surface area (Å²) in [5.41, 5.74) is 2.76. The molecule has 0 radical (unpaired) electrons. The number of aliphatic hydroxyl groups is 1. The van der Waals surface area contributed by atoms with E-state index in [4.69, 9.17) is 4.74 Å². The minimum atomic E-state index is -0.405. The van der Waals surface area contributed by atoms with Gasteiger partial charge in [0.25, 0.3) is 0 Å². The molecular weight excluding hydrogens is 302 g/mol. The van der Waals surface area contributed by atoms with Crippen LogP contribution in [0.4, 0.5) is 0 Å². The fraction of sp³-hybridized carbons (Fsp3) is 0.350. The second kappa shape index (κ2) is 5.72. The van der Waals surface area contributed by atoms with Gasteiger partial charge < -0.3 is 9.84 Å². The van der Waals surface area contributed by atoms with Crippen molar-refractivity contribution in [2.24, 2.45) is 0 Å². The average Bonchev–Trinajstić information content (AvgIpc) is 2.79. The van der Waals surface area contributed by atoms with Crippen LogP contribution in [0, 0.1) is 0 Å². The van der Waals surface area contributed by atoms with Crippen LogP contribution in [0.2, 0.25) is 0 Å². The molecule has 4 heteroatoms. The van der Waals surface area contributed by atoms with E-state index in [1.165, 1.54) is 12.5 Å². The summed E-state index contributed by atoms with van der Waals surface area (Å²) in [5.74, 6) is -0.289. The Morgan fingerprint density at radius 1 is 1.21 bits per heavy atom. The number of carbonyl (C=O) groups excluding carboxylic acids is 1. The summed E-state index contributed by atoms with van der Waals surface area (Å²) in [6.07, 6.45) is 0.845. The van der Waals surface area contributed by atoms with E-state index in [1.54, 1.807) is 0 Å². The number of hydrogen-bond acceptors (Lipinski definition) is 4. The summed E-state index contributed by atoms with van der Waals surface area (Å²) in [6, 6.07) is 14.5. The van der Waals surface area contributed by atoms with Crippen molar-refractivity contribution in [3.63, 3.8) is 0 Å². The third kappa shape index (κ3) is 2.26. The highest BCUT2D eigenvalue weighted by atomic mass is 16.5. The molecule has 0 aromatic heterocycles. The molecule has 4 nitrogen and oxygen atoms in total. The molecule has 2 aromatic rings. The lowest BCUT2D eigenvalue weighted by atomic mass is 9.88. The Morgan fingerprint density at radius 2 is 1.96 bits per heavy atom. The Morgan fingerprint density at radius 3 is 2.71 bits per heavy atom. The largest absolute Gasteiger partial charge is 0.466 e. The third-order valence-corrected chi connectivity index (χ3v) is 5.50. The molecule has 124 valence electrons. The highest BCUT2D eigenvalue weighted by Gasteiger charge is 2.47. The summed E-state index contributed by atoms with van der Waals surface area (Å²) in [5, 5.41) is 12.7. The number of hydrogen-bond donors (Lipinski definition) is 1. The van der Waals surface area contributed by atoms with Crippen molar-refractivity contribution in [1.29, 1.82) is 0 Å². The summed E-state index contributed by atoms with van der Waals surface area (Å²) in [7, 11) is 3.40. The fourth-order valence-corrected chi connectivity index (χ4v) is 4.20. The third-order valence-electron chi connectivity index (χ3n) is 5.50. The van der Waals surface area contributed by atoms with Crippen LogP contribution in [0.3, 0.4) is 0 Å². The van der Waals surface area contributed by atoms with Crippen LogP contribution in [0.5, 0.6) is 0 Å². The van der Waals surface area contributed by atoms with Crippen LogP contribution < -0.4 is 0 Å². The quantitative estimate of drug-likeness (QED) is 0.863. The number of rotatable bonds is 2. The second-order valence-electron chi connectivity index (χ2n) is 6.70. The summed E-state index contributed by atoms with van der Waals surface area (Å²) in [4.78, 5) is 14.6. The Balaban J connectivity index is 1.88. The lowest BCUT2D eigenvalue weighted by molar-refractivity contribution is -0.136. The highest BCUT2D eigenvalue weighted by molar-refractivity contribution is 6.01. The molecule has 1 saturated heterocycles. The Hall–Kier alpha value is -2.17. The molecule has 2 bridgehead atoms. The van der Waals surface area contributed by atoms with Crippen molar-refractivity contribution in [3.05, 3.63) is 53.6 Å². The number of methoxy groups -OCH3 is 1. The lowest BCUT2D eigenvalue weighted by Crippen LogP contribution is -2.42. The van der Waals surface area contributed by atoms with Crippen LogP contribution in [0.15, 0.2) is 48.0 Å². The van der Waals surface area contributed by atoms with Crippen molar-refractivity contribution >= 4 is 22.3 Å². The van der Waals surface area contributed by atoms with Gasteiger partial charge in [0, 0.05) is 12.1 Å². The molecule has 2 heterocycles. The van der Waals surface area contributed by atoms with Crippen LogP contribution in [0.25, 0.3) is 16.3 Å². The molecule has 3 atom stereocenters. The Bertz CT molecular complexity index is 842. The molecule has 0 spiro atoms. The van der Waals surface area contributed by atoms with Crippen molar-refractivity contribution in [3.8, 4) is 0 Å². The predicted octanol–water partition coefficient (Wildman–Crippen LogP) is 2.60. The molecule has 2 aliphatic rings. The molecule has 2 aliphatic heterocycles. The van der Waals surface area contributed by atoms with E-state index in [9.17, 15) is 9.90 Å². The minimum Gasteiger partial charge on any atom is -0.466 e. The van der Waals surface area contributed by atoms with Gasteiger partial charge in [0.15, 0.2) is 0 Å². The second-order valence-corrected chi connectivity index (χ2v) is 6.70. The first-order valence-electron chi connectivity index (χ1n) is 8.30. The number of esters is 1. The average molecular weight is 323 g/mol. The molecule has 2 unspecified atom stereocenters. The molecule has 24 heavy (non-hydrogen) atoms. The first-order valence-corrected chi connectivity index (χ1v) is 8.30. The van der Waals surface area contributed by atoms with Gasteiger partial charge in [-0.3, -0.25) is 4.90 Å². The van der Waals surface area contributed by atoms with Gasteiger partial charge >= 0.3 is 5.97 Å². The Kier molecular flexibility index (Phi) is 3.66. The molecule has 0 saturated carbocycles. The van der Waals surface area contributed by atoms with E-state index in [0.717, 1.165) is 16.5 Å². The summed E-state index contributed by atoms with van der Waals surface area (Å²) < 4.78 is 5.06. The van der Waals surface area contributed by atoms with Crippen LogP contribution in [0.1, 0.15) is 18.4 Å². The van der Waals surface area contributed by atoms with Crippen molar-refractivity contribution < 1.29 is 14.6 Å². The zero-order valence-electron chi connectivity index (χ0n) is 13.9. The van der Waals surface area contributed by atoms with Crippen molar-refractivity contribution in [2.45, 2.75) is 31.0 Å². The van der Waals surface area contributed by atoms with Gasteiger partial charge in [-0.2, -0.15) is 0 Å². The topological polar surface area (TPSA) is 49.8 Å². The maximum Gasteiger partial charge on any atom is 0.335 e. The van der Waals surface area contributed by atoms with E-state index in [-0.39, 0.29) is 18.1 Å². The van der Waals surface area contributed by atoms with E-state index < -0.39 is 6.10 Å². The normalized spacial score (nSPS) is 26.9. The number of carbonyl (C=O) groups is 1. The number of benzene rings is 2. The first kappa shape index (κ1) is 15.4. The maximum atomic E-state index is 12.5. The van der Waals surface area contributed by atoms with Gasteiger partial charge in [0.1, 0.15) is 0 Å².